The SMILES string of the molecule is O=C(O)c1cc(-c2ccc3ncccc3c2)cc2c1OCCO2. The maximum absolute atomic E-state index is 11.5. The summed E-state index contributed by atoms with van der Waals surface area (Å²) in [4.78, 5) is 15.8. The minimum Gasteiger partial charge on any atom is -0.486 e. The van der Waals surface area contributed by atoms with Gasteiger partial charge < -0.3 is 14.6 Å². The average molecular weight is 307 g/mol. The lowest BCUT2D eigenvalue weighted by Gasteiger charge is -2.21. The van der Waals surface area contributed by atoms with Crippen molar-refractivity contribution in [3.63, 3.8) is 0 Å². The van der Waals surface area contributed by atoms with E-state index in [4.69, 9.17) is 9.47 Å². The number of aromatic carboxylic acids is 1. The van der Waals surface area contributed by atoms with Gasteiger partial charge in [-0.1, -0.05) is 12.1 Å². The zero-order valence-corrected chi connectivity index (χ0v) is 12.2. The van der Waals surface area contributed by atoms with Gasteiger partial charge in [0.25, 0.3) is 0 Å². The third-order valence-corrected chi connectivity index (χ3v) is 3.81. The van der Waals surface area contributed by atoms with Gasteiger partial charge in [0.15, 0.2) is 11.5 Å². The fraction of sp³-hybridized carbons (Fsp3) is 0.111. The fourth-order valence-electron chi connectivity index (χ4n) is 2.73. The number of fused-ring (bicyclic) bond motifs is 2. The standard InChI is InChI=1S/C18H13NO4/c20-18(21)14-9-13(10-16-17(14)23-7-6-22-16)11-3-4-15-12(8-11)2-1-5-19-15/h1-5,8-10H,6-7H2,(H,20,21). The predicted octanol–water partition coefficient (Wildman–Crippen LogP) is 3.37. The monoisotopic (exact) mass is 307 g/mol. The summed E-state index contributed by atoms with van der Waals surface area (Å²) in [7, 11) is 0. The molecular weight excluding hydrogens is 294 g/mol. The molecule has 0 amide bonds. The minimum atomic E-state index is -1.03. The average Bonchev–Trinajstić information content (AvgIpc) is 2.60. The maximum atomic E-state index is 11.5. The van der Waals surface area contributed by atoms with Crippen molar-refractivity contribution in [2.24, 2.45) is 0 Å². The summed E-state index contributed by atoms with van der Waals surface area (Å²) in [5, 5.41) is 10.4. The second-order valence-electron chi connectivity index (χ2n) is 5.26. The van der Waals surface area contributed by atoms with Crippen molar-refractivity contribution in [3.05, 3.63) is 54.2 Å². The van der Waals surface area contributed by atoms with Gasteiger partial charge in [-0.3, -0.25) is 4.98 Å². The Morgan fingerprint density at radius 2 is 1.91 bits per heavy atom. The van der Waals surface area contributed by atoms with Gasteiger partial charge in [0.2, 0.25) is 0 Å². The minimum absolute atomic E-state index is 0.114. The van der Waals surface area contributed by atoms with Crippen LogP contribution < -0.4 is 9.47 Å². The second kappa shape index (κ2) is 5.28. The first-order valence-corrected chi connectivity index (χ1v) is 7.24. The molecule has 3 aromatic rings. The third kappa shape index (κ3) is 2.36. The number of hydrogen-bond acceptors (Lipinski definition) is 4. The van der Waals surface area contributed by atoms with Crippen LogP contribution in [0.2, 0.25) is 0 Å². The quantitative estimate of drug-likeness (QED) is 0.786. The summed E-state index contributed by atoms with van der Waals surface area (Å²) in [5.41, 5.74) is 2.69. The highest BCUT2D eigenvalue weighted by molar-refractivity contribution is 5.95. The molecule has 0 bridgehead atoms. The van der Waals surface area contributed by atoms with E-state index in [2.05, 4.69) is 4.98 Å². The molecule has 0 unspecified atom stereocenters. The molecule has 1 aliphatic heterocycles. The molecule has 23 heavy (non-hydrogen) atoms. The van der Waals surface area contributed by atoms with Crippen LogP contribution in [0.3, 0.4) is 0 Å². The number of benzene rings is 2. The van der Waals surface area contributed by atoms with E-state index in [0.717, 1.165) is 22.0 Å². The Morgan fingerprint density at radius 3 is 2.78 bits per heavy atom. The Labute approximate surface area is 132 Å². The highest BCUT2D eigenvalue weighted by atomic mass is 16.6. The lowest BCUT2D eigenvalue weighted by Crippen LogP contribution is -2.18. The van der Waals surface area contributed by atoms with E-state index >= 15 is 0 Å². The van der Waals surface area contributed by atoms with Gasteiger partial charge in [-0.15, -0.1) is 0 Å². The number of aromatic nitrogens is 1. The molecule has 1 aliphatic rings. The fourth-order valence-corrected chi connectivity index (χ4v) is 2.73. The van der Waals surface area contributed by atoms with Gasteiger partial charge in [0.05, 0.1) is 5.52 Å². The van der Waals surface area contributed by atoms with Crippen molar-refractivity contribution in [1.82, 2.24) is 4.98 Å². The molecule has 1 aromatic heterocycles. The molecule has 0 atom stereocenters. The number of pyridine rings is 1. The van der Waals surface area contributed by atoms with Gasteiger partial charge >= 0.3 is 5.97 Å². The first-order valence-electron chi connectivity index (χ1n) is 7.24. The van der Waals surface area contributed by atoms with Crippen LogP contribution in [0.4, 0.5) is 0 Å². The van der Waals surface area contributed by atoms with Crippen LogP contribution in [0.5, 0.6) is 11.5 Å². The van der Waals surface area contributed by atoms with E-state index in [1.807, 2.05) is 36.4 Å². The molecule has 0 aliphatic carbocycles. The lowest BCUT2D eigenvalue weighted by atomic mass is 10.00. The van der Waals surface area contributed by atoms with Crippen molar-refractivity contribution >= 4 is 16.9 Å². The molecule has 5 nitrogen and oxygen atoms in total. The molecule has 4 rings (SSSR count). The number of carboxylic acids is 1. The topological polar surface area (TPSA) is 68.7 Å². The second-order valence-corrected chi connectivity index (χ2v) is 5.26. The molecule has 0 spiro atoms. The summed E-state index contributed by atoms with van der Waals surface area (Å²) < 4.78 is 11.0. The number of ether oxygens (including phenoxy) is 2. The Hall–Kier alpha value is -3.08. The molecule has 5 heteroatoms. The zero-order chi connectivity index (χ0) is 15.8. The Balaban J connectivity index is 1.90. The van der Waals surface area contributed by atoms with Gasteiger partial charge in [0, 0.05) is 11.6 Å². The first kappa shape index (κ1) is 13.6. The zero-order valence-electron chi connectivity index (χ0n) is 12.2. The molecule has 2 heterocycles. The van der Waals surface area contributed by atoms with E-state index < -0.39 is 5.97 Å². The van der Waals surface area contributed by atoms with Crippen molar-refractivity contribution in [2.75, 3.05) is 13.2 Å². The Bertz CT molecular complexity index is 920. The first-order chi connectivity index (χ1) is 11.2. The smallest absolute Gasteiger partial charge is 0.339 e. The number of hydrogen-bond donors (Lipinski definition) is 1. The van der Waals surface area contributed by atoms with Crippen LogP contribution in [0, 0.1) is 0 Å². The summed E-state index contributed by atoms with van der Waals surface area (Å²) in [6, 6.07) is 13.1. The van der Waals surface area contributed by atoms with Gasteiger partial charge in [-0.2, -0.15) is 0 Å². The van der Waals surface area contributed by atoms with Crippen molar-refractivity contribution in [3.8, 4) is 22.6 Å². The molecular formula is C18H13NO4. The predicted molar refractivity (Wildman–Crippen MR) is 85.1 cm³/mol. The number of carboxylic acid groups (broad SMARTS) is 1. The summed E-state index contributed by atoms with van der Waals surface area (Å²) in [6.07, 6.45) is 1.74. The molecule has 114 valence electrons. The van der Waals surface area contributed by atoms with Crippen LogP contribution >= 0.6 is 0 Å². The van der Waals surface area contributed by atoms with Crippen LogP contribution in [-0.2, 0) is 0 Å². The number of carbonyl (C=O) groups is 1. The molecule has 2 aromatic carbocycles. The highest BCUT2D eigenvalue weighted by Gasteiger charge is 2.22. The highest BCUT2D eigenvalue weighted by Crippen LogP contribution is 2.38. The van der Waals surface area contributed by atoms with E-state index in [1.54, 1.807) is 12.3 Å². The van der Waals surface area contributed by atoms with Crippen molar-refractivity contribution in [1.29, 1.82) is 0 Å². The molecule has 0 saturated carbocycles. The van der Waals surface area contributed by atoms with Crippen LogP contribution in [0.25, 0.3) is 22.0 Å². The molecule has 1 N–H and O–H groups in total. The number of nitrogens with zero attached hydrogens (tertiary/aromatic N) is 1. The van der Waals surface area contributed by atoms with E-state index in [9.17, 15) is 9.90 Å². The third-order valence-electron chi connectivity index (χ3n) is 3.81. The van der Waals surface area contributed by atoms with E-state index in [0.29, 0.717) is 24.7 Å². The van der Waals surface area contributed by atoms with E-state index in [1.165, 1.54) is 0 Å². The summed E-state index contributed by atoms with van der Waals surface area (Å²) in [5.74, 6) is -0.261. The molecule has 0 radical (unpaired) electrons. The van der Waals surface area contributed by atoms with Gasteiger partial charge in [0.1, 0.15) is 18.8 Å². The molecule has 0 fully saturated rings. The maximum Gasteiger partial charge on any atom is 0.339 e. The molecule has 0 saturated heterocycles. The van der Waals surface area contributed by atoms with Crippen LogP contribution in [0.15, 0.2) is 48.7 Å². The van der Waals surface area contributed by atoms with Crippen molar-refractivity contribution in [2.45, 2.75) is 0 Å². The van der Waals surface area contributed by atoms with Gasteiger partial charge in [-0.05, 0) is 41.5 Å². The van der Waals surface area contributed by atoms with Crippen LogP contribution in [0.1, 0.15) is 10.4 Å². The normalized spacial score (nSPS) is 13.0. The van der Waals surface area contributed by atoms with Crippen molar-refractivity contribution < 1.29 is 19.4 Å². The largest absolute Gasteiger partial charge is 0.486 e. The Kier molecular flexibility index (Phi) is 3.12. The Morgan fingerprint density at radius 1 is 1.04 bits per heavy atom. The van der Waals surface area contributed by atoms with E-state index in [-0.39, 0.29) is 5.56 Å². The van der Waals surface area contributed by atoms with Gasteiger partial charge in [-0.25, -0.2) is 4.79 Å². The number of rotatable bonds is 2. The summed E-state index contributed by atoms with van der Waals surface area (Å²) >= 11 is 0. The summed E-state index contributed by atoms with van der Waals surface area (Å²) in [6.45, 7) is 0.769. The van der Waals surface area contributed by atoms with Crippen LogP contribution in [-0.4, -0.2) is 29.3 Å². The lowest BCUT2D eigenvalue weighted by molar-refractivity contribution is 0.0686.